The van der Waals surface area contributed by atoms with E-state index in [1.165, 1.54) is 6.07 Å². The number of carboxylic acid groups (broad SMARTS) is 1. The van der Waals surface area contributed by atoms with Gasteiger partial charge in [0, 0.05) is 0 Å². The fourth-order valence-corrected chi connectivity index (χ4v) is 1.29. The summed E-state index contributed by atoms with van der Waals surface area (Å²) >= 11 is 0. The van der Waals surface area contributed by atoms with Crippen LogP contribution in [-0.2, 0) is 13.1 Å². The standard InChI is InChI=1S/C10H11N3O4/c1-6-12-9(17-13-6)5-11-4-7-2-3-8(16-7)10(14)15/h2-3,11H,4-5H2,1H3,(H,14,15). The number of carbonyl (C=O) groups is 1. The summed E-state index contributed by atoms with van der Waals surface area (Å²) in [5.74, 6) is 0.443. The van der Waals surface area contributed by atoms with E-state index in [0.29, 0.717) is 30.6 Å². The molecule has 0 unspecified atom stereocenters. The number of nitrogens with zero attached hydrogens (tertiary/aromatic N) is 2. The molecule has 0 fully saturated rings. The van der Waals surface area contributed by atoms with Gasteiger partial charge in [0.25, 0.3) is 0 Å². The Morgan fingerprint density at radius 1 is 1.47 bits per heavy atom. The van der Waals surface area contributed by atoms with E-state index in [1.54, 1.807) is 13.0 Å². The van der Waals surface area contributed by atoms with Crippen molar-refractivity contribution in [2.45, 2.75) is 20.0 Å². The molecule has 17 heavy (non-hydrogen) atoms. The molecule has 2 rings (SSSR count). The van der Waals surface area contributed by atoms with Gasteiger partial charge in [-0.1, -0.05) is 5.16 Å². The van der Waals surface area contributed by atoms with Crippen molar-refractivity contribution in [1.82, 2.24) is 15.5 Å². The quantitative estimate of drug-likeness (QED) is 0.798. The fourth-order valence-electron chi connectivity index (χ4n) is 1.29. The SMILES string of the molecule is Cc1noc(CNCc2ccc(C(=O)O)o2)n1. The molecular formula is C10H11N3O4. The first kappa shape index (κ1) is 11.3. The van der Waals surface area contributed by atoms with Gasteiger partial charge in [0.2, 0.25) is 11.7 Å². The zero-order chi connectivity index (χ0) is 12.3. The number of carboxylic acids is 1. The van der Waals surface area contributed by atoms with Crippen LogP contribution in [-0.4, -0.2) is 21.2 Å². The minimum Gasteiger partial charge on any atom is -0.475 e. The first-order valence-corrected chi connectivity index (χ1v) is 4.97. The van der Waals surface area contributed by atoms with Gasteiger partial charge in [0.1, 0.15) is 5.76 Å². The second kappa shape index (κ2) is 4.79. The fraction of sp³-hybridized carbons (Fsp3) is 0.300. The van der Waals surface area contributed by atoms with E-state index in [2.05, 4.69) is 15.5 Å². The molecule has 7 heteroatoms. The van der Waals surface area contributed by atoms with Crippen molar-refractivity contribution in [3.05, 3.63) is 35.4 Å². The average molecular weight is 237 g/mol. The monoisotopic (exact) mass is 237 g/mol. The molecule has 0 amide bonds. The maximum atomic E-state index is 10.6. The first-order valence-electron chi connectivity index (χ1n) is 4.97. The van der Waals surface area contributed by atoms with Crippen LogP contribution in [0.3, 0.4) is 0 Å². The van der Waals surface area contributed by atoms with Gasteiger partial charge in [-0.3, -0.25) is 0 Å². The molecule has 7 nitrogen and oxygen atoms in total. The van der Waals surface area contributed by atoms with Gasteiger partial charge >= 0.3 is 5.97 Å². The Kier molecular flexibility index (Phi) is 3.20. The van der Waals surface area contributed by atoms with Gasteiger partial charge in [-0.2, -0.15) is 4.98 Å². The molecule has 0 atom stereocenters. The van der Waals surface area contributed by atoms with Crippen molar-refractivity contribution < 1.29 is 18.8 Å². The summed E-state index contributed by atoms with van der Waals surface area (Å²) < 4.78 is 9.96. The molecule has 0 saturated heterocycles. The molecule has 0 spiro atoms. The van der Waals surface area contributed by atoms with Crippen LogP contribution in [0.1, 0.15) is 28.0 Å². The van der Waals surface area contributed by atoms with Gasteiger partial charge < -0.3 is 19.4 Å². The zero-order valence-electron chi connectivity index (χ0n) is 9.14. The van der Waals surface area contributed by atoms with Crippen molar-refractivity contribution >= 4 is 5.97 Å². The Labute approximate surface area is 96.4 Å². The molecule has 2 heterocycles. The largest absolute Gasteiger partial charge is 0.475 e. The number of nitrogens with one attached hydrogen (secondary N) is 1. The Morgan fingerprint density at radius 3 is 2.88 bits per heavy atom. The minimum atomic E-state index is -1.08. The number of rotatable bonds is 5. The predicted molar refractivity (Wildman–Crippen MR) is 55.2 cm³/mol. The molecule has 0 aliphatic carbocycles. The summed E-state index contributed by atoms with van der Waals surface area (Å²) in [4.78, 5) is 14.6. The highest BCUT2D eigenvalue weighted by Gasteiger charge is 2.09. The second-order valence-electron chi connectivity index (χ2n) is 3.41. The van der Waals surface area contributed by atoms with E-state index in [-0.39, 0.29) is 5.76 Å². The molecule has 0 aliphatic rings. The van der Waals surface area contributed by atoms with Crippen molar-refractivity contribution in [3.63, 3.8) is 0 Å². The van der Waals surface area contributed by atoms with Gasteiger partial charge in [-0.25, -0.2) is 4.79 Å². The topological polar surface area (TPSA) is 101 Å². The lowest BCUT2D eigenvalue weighted by Gasteiger charge is -1.97. The maximum absolute atomic E-state index is 10.6. The molecule has 90 valence electrons. The second-order valence-corrected chi connectivity index (χ2v) is 3.41. The van der Waals surface area contributed by atoms with Gasteiger partial charge in [-0.15, -0.1) is 0 Å². The number of aromatic carboxylic acids is 1. The Bertz CT molecular complexity index is 517. The third-order valence-corrected chi connectivity index (χ3v) is 2.02. The summed E-state index contributed by atoms with van der Waals surface area (Å²) in [6.07, 6.45) is 0. The highest BCUT2D eigenvalue weighted by molar-refractivity contribution is 5.84. The van der Waals surface area contributed by atoms with Crippen molar-refractivity contribution in [3.8, 4) is 0 Å². The molecular weight excluding hydrogens is 226 g/mol. The van der Waals surface area contributed by atoms with E-state index in [9.17, 15) is 4.79 Å². The van der Waals surface area contributed by atoms with Crippen LogP contribution in [0.5, 0.6) is 0 Å². The highest BCUT2D eigenvalue weighted by atomic mass is 16.5. The van der Waals surface area contributed by atoms with Crippen LogP contribution in [0.15, 0.2) is 21.1 Å². The normalized spacial score (nSPS) is 10.6. The minimum absolute atomic E-state index is 0.0737. The Balaban J connectivity index is 1.83. The molecule has 2 N–H and O–H groups in total. The highest BCUT2D eigenvalue weighted by Crippen LogP contribution is 2.07. The van der Waals surface area contributed by atoms with Crippen LogP contribution in [0, 0.1) is 6.92 Å². The molecule has 0 aromatic carbocycles. The van der Waals surface area contributed by atoms with Gasteiger partial charge in [0.15, 0.2) is 5.82 Å². The number of furan rings is 1. The number of aryl methyl sites for hydroxylation is 1. The smallest absolute Gasteiger partial charge is 0.371 e. The third-order valence-electron chi connectivity index (χ3n) is 2.02. The van der Waals surface area contributed by atoms with Crippen molar-refractivity contribution in [2.75, 3.05) is 0 Å². The van der Waals surface area contributed by atoms with Crippen LogP contribution in [0.4, 0.5) is 0 Å². The lowest BCUT2D eigenvalue weighted by Crippen LogP contribution is -2.12. The number of hydrogen-bond donors (Lipinski definition) is 2. The van der Waals surface area contributed by atoms with Crippen LogP contribution in [0.25, 0.3) is 0 Å². The van der Waals surface area contributed by atoms with Crippen LogP contribution in [0.2, 0.25) is 0 Å². The van der Waals surface area contributed by atoms with E-state index in [1.807, 2.05) is 0 Å². The maximum Gasteiger partial charge on any atom is 0.371 e. The summed E-state index contributed by atoms with van der Waals surface area (Å²) in [7, 11) is 0. The van der Waals surface area contributed by atoms with Gasteiger partial charge in [0.05, 0.1) is 13.1 Å². The van der Waals surface area contributed by atoms with Crippen molar-refractivity contribution in [2.24, 2.45) is 0 Å². The number of aromatic nitrogens is 2. The summed E-state index contributed by atoms with van der Waals surface area (Å²) in [6.45, 7) is 2.54. The van der Waals surface area contributed by atoms with E-state index < -0.39 is 5.97 Å². The van der Waals surface area contributed by atoms with Crippen LogP contribution >= 0.6 is 0 Å². The first-order chi connectivity index (χ1) is 8.15. The predicted octanol–water partition coefficient (Wildman–Crippen LogP) is 0.959. The molecule has 0 radical (unpaired) electrons. The lowest BCUT2D eigenvalue weighted by atomic mass is 10.4. The van der Waals surface area contributed by atoms with E-state index >= 15 is 0 Å². The van der Waals surface area contributed by atoms with Crippen LogP contribution < -0.4 is 5.32 Å². The molecule has 2 aromatic heterocycles. The molecule has 0 saturated carbocycles. The van der Waals surface area contributed by atoms with E-state index in [4.69, 9.17) is 14.0 Å². The Morgan fingerprint density at radius 2 is 2.29 bits per heavy atom. The lowest BCUT2D eigenvalue weighted by molar-refractivity contribution is 0.0660. The molecule has 0 bridgehead atoms. The summed E-state index contributed by atoms with van der Waals surface area (Å²) in [5, 5.41) is 15.3. The van der Waals surface area contributed by atoms with E-state index in [0.717, 1.165) is 0 Å². The average Bonchev–Trinajstić information content (AvgIpc) is 2.88. The van der Waals surface area contributed by atoms with Crippen molar-refractivity contribution in [1.29, 1.82) is 0 Å². The number of hydrogen-bond acceptors (Lipinski definition) is 6. The zero-order valence-corrected chi connectivity index (χ0v) is 9.14. The summed E-state index contributed by atoms with van der Waals surface area (Å²) in [5.41, 5.74) is 0. The summed E-state index contributed by atoms with van der Waals surface area (Å²) in [6, 6.07) is 3.02. The molecule has 2 aromatic rings. The Hall–Kier alpha value is -2.15. The third kappa shape index (κ3) is 2.91. The van der Waals surface area contributed by atoms with Gasteiger partial charge in [-0.05, 0) is 19.1 Å². The molecule has 0 aliphatic heterocycles.